The molecule has 3 N–H and O–H groups in total. The molecular weight excluding hydrogens is 415 g/mol. The van der Waals surface area contributed by atoms with Crippen LogP contribution < -0.4 is 11.1 Å². The molecule has 0 aromatic heterocycles. The molecule has 5 nitrogen and oxygen atoms in total. The number of nitrogens with one attached hydrogen (secondary N) is 1. The Morgan fingerprint density at radius 3 is 2.10 bits per heavy atom. The number of benzene rings is 1. The lowest BCUT2D eigenvalue weighted by Gasteiger charge is -2.56. The van der Waals surface area contributed by atoms with Gasteiger partial charge in [0.25, 0.3) is 5.91 Å². The van der Waals surface area contributed by atoms with Crippen LogP contribution in [0.15, 0.2) is 41.1 Å². The molecule has 4 aliphatic carbocycles. The Labute approximate surface area is 177 Å². The van der Waals surface area contributed by atoms with Crippen LogP contribution in [0.4, 0.5) is 4.39 Å². The molecule has 0 heterocycles. The zero-order valence-corrected chi connectivity index (χ0v) is 17.9. The Morgan fingerprint density at radius 1 is 1.10 bits per heavy atom. The summed E-state index contributed by atoms with van der Waals surface area (Å²) in [4.78, 5) is 12.8. The summed E-state index contributed by atoms with van der Waals surface area (Å²) in [7, 11) is -3.80. The van der Waals surface area contributed by atoms with Crippen molar-refractivity contribution in [2.45, 2.75) is 49.0 Å². The molecule has 0 saturated heterocycles. The Bertz CT molecular complexity index is 864. The molecular formula is C21H28ClFN2O3S. The van der Waals surface area contributed by atoms with Crippen molar-refractivity contribution in [2.24, 2.45) is 23.5 Å². The minimum atomic E-state index is -3.80. The van der Waals surface area contributed by atoms with E-state index in [1.165, 1.54) is 43.5 Å². The maximum absolute atomic E-state index is 13.5. The molecule has 4 bridgehead atoms. The summed E-state index contributed by atoms with van der Waals surface area (Å²) in [5, 5.41) is 3.28. The molecule has 0 spiro atoms. The number of nitrogens with two attached hydrogens (primary N) is 1. The molecule has 4 fully saturated rings. The van der Waals surface area contributed by atoms with Crippen LogP contribution in [0.2, 0.25) is 0 Å². The van der Waals surface area contributed by atoms with Gasteiger partial charge in [0.15, 0.2) is 9.84 Å². The molecule has 160 valence electrons. The smallest absolute Gasteiger partial charge is 0.251 e. The highest BCUT2D eigenvalue weighted by molar-refractivity contribution is 7.91. The number of hydrogen-bond donors (Lipinski definition) is 2. The Hall–Kier alpha value is -1.44. The largest absolute Gasteiger partial charge is 0.347 e. The Morgan fingerprint density at radius 2 is 1.62 bits per heavy atom. The third kappa shape index (κ3) is 4.67. The first-order valence-electron chi connectivity index (χ1n) is 9.98. The van der Waals surface area contributed by atoms with Gasteiger partial charge in [-0.2, -0.15) is 0 Å². The first-order chi connectivity index (χ1) is 13.3. The molecule has 4 aliphatic rings. The number of carbonyl (C=O) groups is 1. The standard InChI is InChI=1S/C21H27FN2O3S.ClH/c22-18(5-6-23)13-28(26,27)19-3-1-17(2-4-19)20(25)24-21-10-14-7-15(11-21)9-16(8-14)12-21;/h1-5,14-16H,6-13,23H2,(H,24,25);1H/b18-5-;. The molecule has 29 heavy (non-hydrogen) atoms. The van der Waals surface area contributed by atoms with Gasteiger partial charge < -0.3 is 11.1 Å². The van der Waals surface area contributed by atoms with Gasteiger partial charge in [0, 0.05) is 17.6 Å². The van der Waals surface area contributed by atoms with Crippen LogP contribution in [0.1, 0.15) is 48.9 Å². The zero-order chi connectivity index (χ0) is 19.9. The summed E-state index contributed by atoms with van der Waals surface area (Å²) in [5.74, 6) is 0.552. The van der Waals surface area contributed by atoms with E-state index in [1.807, 2.05) is 0 Å². The Kier molecular flexibility index (Phi) is 6.41. The number of halogens is 2. The number of rotatable bonds is 6. The van der Waals surface area contributed by atoms with E-state index in [0.29, 0.717) is 5.56 Å². The average molecular weight is 443 g/mol. The summed E-state index contributed by atoms with van der Waals surface area (Å²) in [5.41, 5.74) is 5.55. The molecule has 1 aromatic carbocycles. The quantitative estimate of drug-likeness (QED) is 0.706. The third-order valence-electron chi connectivity index (χ3n) is 6.56. The topological polar surface area (TPSA) is 89.3 Å². The molecule has 0 unspecified atom stereocenters. The summed E-state index contributed by atoms with van der Waals surface area (Å²) < 4.78 is 38.1. The number of hydrogen-bond acceptors (Lipinski definition) is 4. The molecule has 5 rings (SSSR count). The van der Waals surface area contributed by atoms with Gasteiger partial charge in [-0.15, -0.1) is 12.4 Å². The average Bonchev–Trinajstić information content (AvgIpc) is 2.60. The van der Waals surface area contributed by atoms with E-state index < -0.39 is 21.4 Å². The molecule has 8 heteroatoms. The van der Waals surface area contributed by atoms with Crippen LogP contribution in [0.25, 0.3) is 0 Å². The van der Waals surface area contributed by atoms with Gasteiger partial charge in [0.2, 0.25) is 0 Å². The second kappa shape index (κ2) is 8.36. The number of amides is 1. The van der Waals surface area contributed by atoms with Gasteiger partial charge in [-0.3, -0.25) is 4.79 Å². The SMILES string of the molecule is Cl.NC/C=C(\F)CS(=O)(=O)c1ccc(C(=O)NC23CC4CC(CC(C4)C2)C3)cc1. The number of sulfone groups is 1. The van der Waals surface area contributed by atoms with E-state index in [-0.39, 0.29) is 35.3 Å². The van der Waals surface area contributed by atoms with Gasteiger partial charge in [0.1, 0.15) is 11.6 Å². The minimum absolute atomic E-state index is 0. The summed E-state index contributed by atoms with van der Waals surface area (Å²) >= 11 is 0. The fourth-order valence-corrected chi connectivity index (χ4v) is 7.04. The van der Waals surface area contributed by atoms with Crippen LogP contribution in [0, 0.1) is 17.8 Å². The van der Waals surface area contributed by atoms with E-state index in [0.717, 1.165) is 43.1 Å². The maximum Gasteiger partial charge on any atom is 0.251 e. The lowest BCUT2D eigenvalue weighted by molar-refractivity contribution is -0.0167. The molecule has 4 saturated carbocycles. The molecule has 0 atom stereocenters. The number of carbonyl (C=O) groups excluding carboxylic acids is 1. The van der Waals surface area contributed by atoms with Gasteiger partial charge in [-0.1, -0.05) is 0 Å². The van der Waals surface area contributed by atoms with Crippen LogP contribution in [0.5, 0.6) is 0 Å². The highest BCUT2D eigenvalue weighted by Crippen LogP contribution is 2.55. The molecule has 1 aromatic rings. The first kappa shape index (κ1) is 22.2. The van der Waals surface area contributed by atoms with Crippen molar-refractivity contribution in [2.75, 3.05) is 12.3 Å². The highest BCUT2D eigenvalue weighted by atomic mass is 35.5. The van der Waals surface area contributed by atoms with Crippen LogP contribution in [0.3, 0.4) is 0 Å². The third-order valence-corrected chi connectivity index (χ3v) is 8.21. The predicted octanol–water partition coefficient (Wildman–Crippen LogP) is 3.39. The second-order valence-electron chi connectivity index (χ2n) is 8.82. The fourth-order valence-electron chi connectivity index (χ4n) is 5.84. The summed E-state index contributed by atoms with van der Waals surface area (Å²) in [6, 6.07) is 5.76. The van der Waals surface area contributed by atoms with Gasteiger partial charge in [0.05, 0.1) is 4.90 Å². The van der Waals surface area contributed by atoms with Crippen LogP contribution in [-0.4, -0.2) is 32.2 Å². The van der Waals surface area contributed by atoms with E-state index in [1.54, 1.807) is 0 Å². The van der Waals surface area contributed by atoms with Gasteiger partial charge in [-0.05, 0) is 86.6 Å². The maximum atomic E-state index is 13.5. The van der Waals surface area contributed by atoms with Gasteiger partial charge >= 0.3 is 0 Å². The summed E-state index contributed by atoms with van der Waals surface area (Å²) in [6.07, 6.45) is 8.13. The molecule has 0 aliphatic heterocycles. The first-order valence-corrected chi connectivity index (χ1v) is 11.6. The Balaban J connectivity index is 0.00000240. The normalized spacial score (nSPS) is 30.7. The lowest BCUT2D eigenvalue weighted by atomic mass is 9.53. The van der Waals surface area contributed by atoms with Crippen molar-refractivity contribution >= 4 is 28.2 Å². The van der Waals surface area contributed by atoms with E-state index in [2.05, 4.69) is 5.32 Å². The van der Waals surface area contributed by atoms with Crippen LogP contribution in [-0.2, 0) is 9.84 Å². The van der Waals surface area contributed by atoms with E-state index >= 15 is 0 Å². The lowest BCUT2D eigenvalue weighted by Crippen LogP contribution is -2.59. The van der Waals surface area contributed by atoms with E-state index in [9.17, 15) is 17.6 Å². The monoisotopic (exact) mass is 442 g/mol. The fraction of sp³-hybridized carbons (Fsp3) is 0.571. The van der Waals surface area contributed by atoms with Crippen molar-refractivity contribution in [1.29, 1.82) is 0 Å². The van der Waals surface area contributed by atoms with Crippen molar-refractivity contribution < 1.29 is 17.6 Å². The van der Waals surface area contributed by atoms with Crippen molar-refractivity contribution in [3.8, 4) is 0 Å². The molecule has 1 amide bonds. The predicted molar refractivity (Wildman–Crippen MR) is 112 cm³/mol. The zero-order valence-electron chi connectivity index (χ0n) is 16.3. The van der Waals surface area contributed by atoms with E-state index in [4.69, 9.17) is 5.73 Å². The van der Waals surface area contributed by atoms with Crippen LogP contribution >= 0.6 is 12.4 Å². The summed E-state index contributed by atoms with van der Waals surface area (Å²) in [6.45, 7) is -0.0508. The minimum Gasteiger partial charge on any atom is -0.347 e. The molecule has 0 radical (unpaired) electrons. The second-order valence-corrected chi connectivity index (χ2v) is 10.8. The highest BCUT2D eigenvalue weighted by Gasteiger charge is 2.51. The van der Waals surface area contributed by atoms with Crippen molar-refractivity contribution in [3.05, 3.63) is 41.7 Å². The van der Waals surface area contributed by atoms with Crippen molar-refractivity contribution in [1.82, 2.24) is 5.32 Å². The van der Waals surface area contributed by atoms with Gasteiger partial charge in [-0.25, -0.2) is 12.8 Å². The van der Waals surface area contributed by atoms with Crippen molar-refractivity contribution in [3.63, 3.8) is 0 Å².